The topological polar surface area (TPSA) is 30.0 Å². The number of aromatic nitrogens is 1. The summed E-state index contributed by atoms with van der Waals surface area (Å²) in [7, 11) is 0. The molecule has 2 rings (SSSR count). The second kappa shape index (κ2) is 4.18. The number of benzene rings is 1. The van der Waals surface area contributed by atoms with Crippen molar-refractivity contribution < 1.29 is 4.79 Å². The molecule has 0 saturated carbocycles. The van der Waals surface area contributed by atoms with Crippen LogP contribution in [0.25, 0.3) is 11.3 Å². The summed E-state index contributed by atoms with van der Waals surface area (Å²) in [5, 5.41) is 0.929. The van der Waals surface area contributed by atoms with E-state index < -0.39 is 0 Å². The van der Waals surface area contributed by atoms with Gasteiger partial charge >= 0.3 is 0 Å². The first kappa shape index (κ1) is 11.0. The van der Waals surface area contributed by atoms with Gasteiger partial charge in [0.2, 0.25) is 0 Å². The average Bonchev–Trinajstić information content (AvgIpc) is 2.63. The summed E-state index contributed by atoms with van der Waals surface area (Å²) in [6.07, 6.45) is 0.891. The molecule has 1 aromatic carbocycles. The van der Waals surface area contributed by atoms with E-state index >= 15 is 0 Å². The van der Waals surface area contributed by atoms with Gasteiger partial charge in [0.1, 0.15) is 0 Å². The summed E-state index contributed by atoms with van der Waals surface area (Å²) in [4.78, 5) is 16.1. The van der Waals surface area contributed by atoms with E-state index in [1.807, 2.05) is 20.8 Å². The maximum Gasteiger partial charge on any atom is 0.162 e. The molecule has 0 N–H and O–H groups in total. The molecule has 0 aliphatic rings. The Kier molecular flexibility index (Phi) is 2.88. The van der Waals surface area contributed by atoms with E-state index in [9.17, 15) is 4.79 Å². The molecule has 0 atom stereocenters. The van der Waals surface area contributed by atoms with Crippen molar-refractivity contribution in [3.05, 3.63) is 39.2 Å². The Morgan fingerprint density at radius 2 is 2.00 bits per heavy atom. The van der Waals surface area contributed by atoms with Crippen molar-refractivity contribution in [1.82, 2.24) is 4.98 Å². The molecule has 0 unspecified atom stereocenters. The smallest absolute Gasteiger partial charge is 0.162 e. The maximum atomic E-state index is 11.0. The number of aldehydes is 1. The molecule has 0 spiro atoms. The predicted molar refractivity (Wildman–Crippen MR) is 67.1 cm³/mol. The van der Waals surface area contributed by atoms with Gasteiger partial charge in [-0.15, -0.1) is 11.3 Å². The van der Waals surface area contributed by atoms with Crippen LogP contribution in [0.4, 0.5) is 0 Å². The van der Waals surface area contributed by atoms with Crippen LogP contribution in [0.2, 0.25) is 0 Å². The molecule has 2 nitrogen and oxygen atoms in total. The van der Waals surface area contributed by atoms with Crippen LogP contribution in [0.5, 0.6) is 0 Å². The van der Waals surface area contributed by atoms with Crippen molar-refractivity contribution in [3.63, 3.8) is 0 Å². The van der Waals surface area contributed by atoms with E-state index in [-0.39, 0.29) is 0 Å². The summed E-state index contributed by atoms with van der Waals surface area (Å²) >= 11 is 1.44. The molecular weight excluding hydrogens is 218 g/mol. The van der Waals surface area contributed by atoms with Crippen molar-refractivity contribution in [2.75, 3.05) is 0 Å². The van der Waals surface area contributed by atoms with Gasteiger partial charge in [0.25, 0.3) is 0 Å². The molecule has 1 aromatic heterocycles. The SMILES string of the molecule is Cc1ccc(C)c(-c2nc(C)sc2C=O)c1. The highest BCUT2D eigenvalue weighted by Gasteiger charge is 2.12. The zero-order valence-corrected chi connectivity index (χ0v) is 10.4. The number of rotatable bonds is 2. The Hall–Kier alpha value is -1.48. The first-order valence-electron chi connectivity index (χ1n) is 5.12. The van der Waals surface area contributed by atoms with Crippen LogP contribution in [0, 0.1) is 20.8 Å². The Labute approximate surface area is 99.0 Å². The lowest BCUT2D eigenvalue weighted by atomic mass is 10.0. The fourth-order valence-corrected chi connectivity index (χ4v) is 2.46. The van der Waals surface area contributed by atoms with E-state index in [2.05, 4.69) is 23.2 Å². The molecule has 0 amide bonds. The molecule has 3 heteroatoms. The van der Waals surface area contributed by atoms with Gasteiger partial charge in [0.15, 0.2) is 6.29 Å². The van der Waals surface area contributed by atoms with Crippen molar-refractivity contribution in [2.45, 2.75) is 20.8 Å². The minimum absolute atomic E-state index is 0.714. The average molecular weight is 231 g/mol. The number of nitrogens with zero attached hydrogens (tertiary/aromatic N) is 1. The lowest BCUT2D eigenvalue weighted by Gasteiger charge is -2.04. The maximum absolute atomic E-state index is 11.0. The van der Waals surface area contributed by atoms with Crippen LogP contribution in [0.15, 0.2) is 18.2 Å². The summed E-state index contributed by atoms with van der Waals surface area (Å²) < 4.78 is 0. The largest absolute Gasteiger partial charge is 0.297 e. The summed E-state index contributed by atoms with van der Waals surface area (Å²) in [6.45, 7) is 6.01. The van der Waals surface area contributed by atoms with Gasteiger partial charge in [-0.1, -0.05) is 17.7 Å². The zero-order chi connectivity index (χ0) is 11.7. The highest BCUT2D eigenvalue weighted by atomic mass is 32.1. The monoisotopic (exact) mass is 231 g/mol. The quantitative estimate of drug-likeness (QED) is 0.740. The third-order valence-electron chi connectivity index (χ3n) is 2.52. The Morgan fingerprint density at radius 3 is 2.69 bits per heavy atom. The van der Waals surface area contributed by atoms with E-state index in [1.165, 1.54) is 16.9 Å². The van der Waals surface area contributed by atoms with Crippen molar-refractivity contribution in [2.24, 2.45) is 0 Å². The molecule has 0 aliphatic heterocycles. The van der Waals surface area contributed by atoms with Crippen LogP contribution in [-0.4, -0.2) is 11.3 Å². The first-order chi connectivity index (χ1) is 7.61. The lowest BCUT2D eigenvalue weighted by Crippen LogP contribution is -1.88. The molecule has 2 aromatic rings. The lowest BCUT2D eigenvalue weighted by molar-refractivity contribution is 0.112. The zero-order valence-electron chi connectivity index (χ0n) is 9.57. The first-order valence-corrected chi connectivity index (χ1v) is 5.93. The Balaban J connectivity index is 2.66. The number of aryl methyl sites for hydroxylation is 3. The Bertz CT molecular complexity index is 543. The second-order valence-corrected chi connectivity index (χ2v) is 5.12. The molecule has 0 radical (unpaired) electrons. The fourth-order valence-electron chi connectivity index (χ4n) is 1.71. The fraction of sp³-hybridized carbons (Fsp3) is 0.231. The molecule has 82 valence electrons. The van der Waals surface area contributed by atoms with Gasteiger partial charge in [-0.25, -0.2) is 4.98 Å². The standard InChI is InChI=1S/C13H13NOS/c1-8-4-5-9(2)11(6-8)13-12(7-15)16-10(3)14-13/h4-7H,1-3H3. The molecule has 16 heavy (non-hydrogen) atoms. The van der Waals surface area contributed by atoms with Crippen molar-refractivity contribution >= 4 is 17.6 Å². The number of carbonyl (C=O) groups is 1. The third-order valence-corrected chi connectivity index (χ3v) is 3.41. The van der Waals surface area contributed by atoms with Gasteiger partial charge in [0, 0.05) is 5.56 Å². The van der Waals surface area contributed by atoms with Crippen LogP contribution < -0.4 is 0 Å². The minimum atomic E-state index is 0.714. The number of hydrogen-bond donors (Lipinski definition) is 0. The summed E-state index contributed by atoms with van der Waals surface area (Å²) in [5.74, 6) is 0. The van der Waals surface area contributed by atoms with Crippen molar-refractivity contribution in [1.29, 1.82) is 0 Å². The molecular formula is C13H13NOS. The summed E-state index contributed by atoms with van der Waals surface area (Å²) in [6, 6.07) is 6.21. The molecule has 1 heterocycles. The van der Waals surface area contributed by atoms with Crippen LogP contribution >= 0.6 is 11.3 Å². The van der Waals surface area contributed by atoms with E-state index in [1.54, 1.807) is 0 Å². The van der Waals surface area contributed by atoms with E-state index in [0.29, 0.717) is 4.88 Å². The Morgan fingerprint density at radius 1 is 1.25 bits per heavy atom. The van der Waals surface area contributed by atoms with Crippen molar-refractivity contribution in [3.8, 4) is 11.3 Å². The number of carbonyl (C=O) groups excluding carboxylic acids is 1. The van der Waals surface area contributed by atoms with E-state index in [4.69, 9.17) is 0 Å². The normalized spacial score (nSPS) is 10.4. The van der Waals surface area contributed by atoms with E-state index in [0.717, 1.165) is 28.1 Å². The molecule has 0 saturated heterocycles. The number of thiazole rings is 1. The van der Waals surface area contributed by atoms with Gasteiger partial charge in [-0.2, -0.15) is 0 Å². The minimum Gasteiger partial charge on any atom is -0.297 e. The van der Waals surface area contributed by atoms with Crippen LogP contribution in [-0.2, 0) is 0 Å². The van der Waals surface area contributed by atoms with Crippen LogP contribution in [0.1, 0.15) is 25.8 Å². The number of hydrogen-bond acceptors (Lipinski definition) is 3. The second-order valence-electron chi connectivity index (χ2n) is 3.88. The highest BCUT2D eigenvalue weighted by molar-refractivity contribution is 7.13. The molecule has 0 fully saturated rings. The van der Waals surface area contributed by atoms with Gasteiger partial charge in [-0.05, 0) is 32.4 Å². The molecule has 0 aliphatic carbocycles. The predicted octanol–water partition coefficient (Wildman–Crippen LogP) is 3.55. The van der Waals surface area contributed by atoms with Gasteiger partial charge < -0.3 is 0 Å². The van der Waals surface area contributed by atoms with Crippen LogP contribution in [0.3, 0.4) is 0 Å². The highest BCUT2D eigenvalue weighted by Crippen LogP contribution is 2.29. The molecule has 0 bridgehead atoms. The van der Waals surface area contributed by atoms with Gasteiger partial charge in [0.05, 0.1) is 15.6 Å². The van der Waals surface area contributed by atoms with Gasteiger partial charge in [-0.3, -0.25) is 4.79 Å². The third kappa shape index (κ3) is 1.91. The summed E-state index contributed by atoms with van der Waals surface area (Å²) in [5.41, 5.74) is 4.22.